The maximum absolute atomic E-state index is 12.9. The van der Waals surface area contributed by atoms with Crippen molar-refractivity contribution in [3.8, 4) is 17.0 Å². The van der Waals surface area contributed by atoms with Crippen LogP contribution in [0.3, 0.4) is 0 Å². The van der Waals surface area contributed by atoms with Crippen LogP contribution in [0.1, 0.15) is 30.9 Å². The van der Waals surface area contributed by atoms with E-state index in [2.05, 4.69) is 15.1 Å². The van der Waals surface area contributed by atoms with Crippen molar-refractivity contribution in [2.75, 3.05) is 6.61 Å². The molecular weight excluding hydrogens is 373 g/mol. The van der Waals surface area contributed by atoms with Gasteiger partial charge in [-0.05, 0) is 31.5 Å². The summed E-state index contributed by atoms with van der Waals surface area (Å²) in [6.45, 7) is 4.11. The zero-order chi connectivity index (χ0) is 20.1. The maximum atomic E-state index is 12.9. The molecule has 9 heteroatoms. The smallest absolute Gasteiger partial charge is 0.416 e. The van der Waals surface area contributed by atoms with E-state index in [1.807, 2.05) is 6.92 Å². The molecule has 1 fully saturated rings. The molecule has 4 rings (SSSR count). The predicted molar refractivity (Wildman–Crippen MR) is 94.0 cm³/mol. The minimum atomic E-state index is -4.53. The van der Waals surface area contributed by atoms with Gasteiger partial charge in [-0.3, -0.25) is 0 Å². The zero-order valence-corrected chi connectivity index (χ0v) is 15.3. The van der Waals surface area contributed by atoms with Gasteiger partial charge >= 0.3 is 6.18 Å². The summed E-state index contributed by atoms with van der Waals surface area (Å²) < 4.78 is 46.1. The molecule has 2 aliphatic heterocycles. The monoisotopic (exact) mass is 391 g/mol. The third-order valence-electron chi connectivity index (χ3n) is 4.77. The van der Waals surface area contributed by atoms with Gasteiger partial charge in [0.2, 0.25) is 6.20 Å². The molecule has 1 saturated heterocycles. The molecule has 1 aromatic heterocycles. The highest BCUT2D eigenvalue weighted by Crippen LogP contribution is 2.37. The van der Waals surface area contributed by atoms with Crippen molar-refractivity contribution < 1.29 is 27.7 Å². The number of hydrogen-bond donors (Lipinski definition) is 1. The highest BCUT2D eigenvalue weighted by molar-refractivity contribution is 5.81. The Hall–Kier alpha value is -2.81. The van der Waals surface area contributed by atoms with Gasteiger partial charge in [-0.25, -0.2) is 9.97 Å². The highest BCUT2D eigenvalue weighted by Gasteiger charge is 2.32. The Labute approximate surface area is 158 Å². The van der Waals surface area contributed by atoms with Crippen LogP contribution in [0.5, 0.6) is 5.75 Å². The number of benzene rings is 1. The second kappa shape index (κ2) is 6.66. The first-order chi connectivity index (χ1) is 13.2. The van der Waals surface area contributed by atoms with Crippen molar-refractivity contribution in [3.63, 3.8) is 0 Å². The van der Waals surface area contributed by atoms with Crippen LogP contribution in [-0.2, 0) is 10.9 Å². The van der Waals surface area contributed by atoms with Gasteiger partial charge in [-0.1, -0.05) is 4.68 Å². The van der Waals surface area contributed by atoms with Crippen LogP contribution < -0.4 is 10.8 Å². The quantitative estimate of drug-likeness (QED) is 0.756. The van der Waals surface area contributed by atoms with Gasteiger partial charge in [-0.15, -0.1) is 0 Å². The molecule has 0 spiro atoms. The molecule has 1 N–H and O–H groups in total. The fourth-order valence-corrected chi connectivity index (χ4v) is 3.43. The first-order valence-corrected chi connectivity index (χ1v) is 8.82. The molecule has 3 heterocycles. The highest BCUT2D eigenvalue weighted by atomic mass is 19.4. The lowest BCUT2D eigenvalue weighted by molar-refractivity contribution is -0.431. The van der Waals surface area contributed by atoms with Gasteiger partial charge in [0.25, 0.3) is 5.49 Å². The summed E-state index contributed by atoms with van der Waals surface area (Å²) in [5.41, 5.74) is 1.29. The Morgan fingerprint density at radius 1 is 1.29 bits per heavy atom. The van der Waals surface area contributed by atoms with Crippen LogP contribution >= 0.6 is 0 Å². The Kier molecular flexibility index (Phi) is 4.41. The Balaban J connectivity index is 1.77. The van der Waals surface area contributed by atoms with Crippen LogP contribution in [0.2, 0.25) is 0 Å². The summed E-state index contributed by atoms with van der Waals surface area (Å²) in [4.78, 5) is 8.73. The number of phenols is 1. The molecule has 0 bridgehead atoms. The van der Waals surface area contributed by atoms with Crippen molar-refractivity contribution in [2.24, 2.45) is 5.10 Å². The number of alkyl halides is 3. The normalized spacial score (nSPS) is 21.8. The molecule has 1 atom stereocenters. The summed E-state index contributed by atoms with van der Waals surface area (Å²) in [5.74, 6) is -0.493. The molecule has 0 amide bonds. The largest absolute Gasteiger partial charge is 0.507 e. The fourth-order valence-electron chi connectivity index (χ4n) is 3.43. The molecule has 2 aromatic rings. The second-order valence-electron chi connectivity index (χ2n) is 6.92. The van der Waals surface area contributed by atoms with Gasteiger partial charge in [-0.2, -0.15) is 13.2 Å². The van der Waals surface area contributed by atoms with E-state index in [0.717, 1.165) is 24.6 Å². The van der Waals surface area contributed by atoms with Crippen LogP contribution in [0.25, 0.3) is 17.5 Å². The summed E-state index contributed by atoms with van der Waals surface area (Å²) in [6, 6.07) is 1.69. The molecule has 146 valence electrons. The number of halogens is 3. The predicted octanol–water partition coefficient (Wildman–Crippen LogP) is 2.12. The Morgan fingerprint density at radius 3 is 2.75 bits per heavy atom. The van der Waals surface area contributed by atoms with E-state index in [9.17, 15) is 18.3 Å². The van der Waals surface area contributed by atoms with E-state index in [-0.39, 0.29) is 22.9 Å². The van der Waals surface area contributed by atoms with Gasteiger partial charge in [0, 0.05) is 10.7 Å². The summed E-state index contributed by atoms with van der Waals surface area (Å²) in [5, 5.41) is 15.2. The van der Waals surface area contributed by atoms with Crippen LogP contribution in [-0.4, -0.2) is 38.2 Å². The third kappa shape index (κ3) is 3.37. The molecule has 0 unspecified atom stereocenters. The number of nitrogens with zero attached hydrogens (tertiary/aromatic N) is 4. The standard InChI is InChI=1S/C19H17F3N4O2/c1-10-5-12(19(20,21)22)7-16(27)17(10)14-8-23-15-9-26(25-18(15)24-14)13-3-4-28-11(2)6-13/h5,7-9,11H,3-4,6H2,1-2H3/p+1/b26-13+/t11-/m0/s1. The number of hydrogen-bond acceptors (Lipinski definition) is 5. The first-order valence-electron chi connectivity index (χ1n) is 8.82. The summed E-state index contributed by atoms with van der Waals surface area (Å²) in [7, 11) is 0. The SMILES string of the molecule is Cc1cc(C(F)(F)F)cc(O)c1-c1cnc2c(n1)=N/[N+](=C1\CCO[C@@H](C)C1)C=2. The summed E-state index contributed by atoms with van der Waals surface area (Å²) >= 11 is 0. The van der Waals surface area contributed by atoms with Crippen molar-refractivity contribution in [1.82, 2.24) is 9.97 Å². The molecule has 0 aliphatic carbocycles. The number of phenolic OH excluding ortho intramolecular Hbond substituents is 1. The van der Waals surface area contributed by atoms with Gasteiger partial charge < -0.3 is 9.84 Å². The van der Waals surface area contributed by atoms with Crippen LogP contribution in [0, 0.1) is 6.92 Å². The molecule has 28 heavy (non-hydrogen) atoms. The minimum Gasteiger partial charge on any atom is -0.507 e. The van der Waals surface area contributed by atoms with Crippen molar-refractivity contribution in [1.29, 1.82) is 0 Å². The molecular formula is C19H18F3N4O2+. The zero-order valence-electron chi connectivity index (χ0n) is 15.3. The maximum Gasteiger partial charge on any atom is 0.416 e. The van der Waals surface area contributed by atoms with Crippen LogP contribution in [0.4, 0.5) is 13.2 Å². The molecule has 6 nitrogen and oxygen atoms in total. The van der Waals surface area contributed by atoms with E-state index in [4.69, 9.17) is 4.74 Å². The lowest BCUT2D eigenvalue weighted by Gasteiger charge is -2.17. The van der Waals surface area contributed by atoms with E-state index in [0.29, 0.717) is 23.5 Å². The van der Waals surface area contributed by atoms with Crippen LogP contribution in [0.15, 0.2) is 23.4 Å². The lowest BCUT2D eigenvalue weighted by atomic mass is 10.0. The van der Waals surface area contributed by atoms with E-state index >= 15 is 0 Å². The number of aromatic nitrogens is 2. The topological polar surface area (TPSA) is 70.6 Å². The fraction of sp³-hybridized carbons (Fsp3) is 0.368. The van der Waals surface area contributed by atoms with E-state index < -0.39 is 17.5 Å². The van der Waals surface area contributed by atoms with E-state index in [1.54, 1.807) is 10.9 Å². The number of aryl methyl sites for hydroxylation is 1. The lowest BCUT2D eigenvalue weighted by Crippen LogP contribution is -2.28. The van der Waals surface area contributed by atoms with Gasteiger partial charge in [0.1, 0.15) is 5.75 Å². The van der Waals surface area contributed by atoms with Gasteiger partial charge in [0.15, 0.2) is 11.1 Å². The average molecular weight is 391 g/mol. The third-order valence-corrected chi connectivity index (χ3v) is 4.77. The first kappa shape index (κ1) is 18.5. The molecule has 2 aliphatic rings. The molecule has 0 saturated carbocycles. The molecule has 0 radical (unpaired) electrons. The van der Waals surface area contributed by atoms with E-state index in [1.165, 1.54) is 13.1 Å². The number of rotatable bonds is 1. The number of ether oxygens (including phenoxy) is 1. The molecule has 1 aromatic carbocycles. The van der Waals surface area contributed by atoms with Gasteiger partial charge in [0.05, 0.1) is 43.0 Å². The number of aromatic hydroxyl groups is 1. The minimum absolute atomic E-state index is 0.110. The van der Waals surface area contributed by atoms with Crippen molar-refractivity contribution >= 4 is 11.9 Å². The van der Waals surface area contributed by atoms with Crippen molar-refractivity contribution in [3.05, 3.63) is 40.3 Å². The van der Waals surface area contributed by atoms with Crippen molar-refractivity contribution in [2.45, 2.75) is 39.0 Å². The Morgan fingerprint density at radius 2 is 2.07 bits per heavy atom. The Bertz CT molecular complexity index is 1090. The summed E-state index contributed by atoms with van der Waals surface area (Å²) in [6.07, 6.45) is 0.288. The second-order valence-corrected chi connectivity index (χ2v) is 6.92. The number of fused-ring (bicyclic) bond motifs is 1. The average Bonchev–Trinajstić information content (AvgIpc) is 3.04.